The molecule has 2 aromatic rings. The number of aromatic carboxylic acids is 1. The predicted octanol–water partition coefficient (Wildman–Crippen LogP) is 1.63. The van der Waals surface area contributed by atoms with Crippen LogP contribution in [0.2, 0.25) is 0 Å². The lowest BCUT2D eigenvalue weighted by Crippen LogP contribution is -2.14. The zero-order valence-corrected chi connectivity index (χ0v) is 9.65. The third-order valence-electron chi connectivity index (χ3n) is 3.26. The summed E-state index contributed by atoms with van der Waals surface area (Å²) >= 11 is 0. The van der Waals surface area contributed by atoms with Gasteiger partial charge in [0.05, 0.1) is 5.69 Å². The van der Waals surface area contributed by atoms with Crippen molar-refractivity contribution in [2.45, 2.75) is 25.2 Å². The Labute approximate surface area is 103 Å². The van der Waals surface area contributed by atoms with Crippen LogP contribution in [-0.2, 0) is 0 Å². The number of nitrogens with zero attached hydrogens (tertiary/aromatic N) is 4. The van der Waals surface area contributed by atoms with Gasteiger partial charge in [-0.05, 0) is 18.9 Å². The van der Waals surface area contributed by atoms with E-state index in [2.05, 4.69) is 15.1 Å². The fraction of sp³-hybridized carbons (Fsp3) is 0.333. The van der Waals surface area contributed by atoms with Crippen molar-refractivity contribution in [1.29, 1.82) is 0 Å². The Morgan fingerprint density at radius 2 is 2.28 bits per heavy atom. The molecule has 3 rings (SSSR count). The molecule has 0 spiro atoms. The maximum atomic E-state index is 11.0. The van der Waals surface area contributed by atoms with Gasteiger partial charge in [0.2, 0.25) is 0 Å². The highest BCUT2D eigenvalue weighted by molar-refractivity contribution is 5.85. The van der Waals surface area contributed by atoms with Crippen molar-refractivity contribution in [3.63, 3.8) is 0 Å². The van der Waals surface area contributed by atoms with E-state index < -0.39 is 5.97 Å². The number of carboxylic acids is 1. The maximum Gasteiger partial charge on any atom is 0.356 e. The van der Waals surface area contributed by atoms with E-state index in [-0.39, 0.29) is 5.69 Å². The summed E-state index contributed by atoms with van der Waals surface area (Å²) in [5.74, 6) is -0.0108. The molecule has 2 aromatic heterocycles. The predicted molar refractivity (Wildman–Crippen MR) is 62.7 cm³/mol. The molecule has 1 fully saturated rings. The second-order valence-electron chi connectivity index (χ2n) is 4.37. The summed E-state index contributed by atoms with van der Waals surface area (Å²) in [6.45, 7) is 0. The van der Waals surface area contributed by atoms with Gasteiger partial charge < -0.3 is 5.11 Å². The zero-order valence-electron chi connectivity index (χ0n) is 9.65. The number of carbonyl (C=O) groups is 1. The molecule has 0 amide bonds. The van der Waals surface area contributed by atoms with E-state index in [0.717, 1.165) is 18.5 Å². The number of rotatable bonds is 3. The normalized spacial score (nSPS) is 15.3. The first-order chi connectivity index (χ1) is 8.75. The summed E-state index contributed by atoms with van der Waals surface area (Å²) in [7, 11) is 0. The van der Waals surface area contributed by atoms with Gasteiger partial charge in [-0.3, -0.25) is 0 Å². The summed E-state index contributed by atoms with van der Waals surface area (Å²) in [5.41, 5.74) is 0.993. The van der Waals surface area contributed by atoms with Crippen LogP contribution >= 0.6 is 0 Å². The highest BCUT2D eigenvalue weighted by Crippen LogP contribution is 2.37. The van der Waals surface area contributed by atoms with Crippen LogP contribution in [-0.4, -0.2) is 30.8 Å². The Bertz CT molecular complexity index is 575. The first kappa shape index (κ1) is 10.9. The van der Waals surface area contributed by atoms with E-state index >= 15 is 0 Å². The topological polar surface area (TPSA) is 80.9 Å². The summed E-state index contributed by atoms with van der Waals surface area (Å²) in [6, 6.07) is 3.37. The van der Waals surface area contributed by atoms with Gasteiger partial charge in [0, 0.05) is 18.2 Å². The number of hydrogen-bond donors (Lipinski definition) is 1. The van der Waals surface area contributed by atoms with Gasteiger partial charge in [0.1, 0.15) is 6.33 Å². The quantitative estimate of drug-likeness (QED) is 0.887. The summed E-state index contributed by atoms with van der Waals surface area (Å²) < 4.78 is 1.62. The molecule has 0 aromatic carbocycles. The van der Waals surface area contributed by atoms with Crippen LogP contribution < -0.4 is 0 Å². The highest BCUT2D eigenvalue weighted by atomic mass is 16.4. The molecule has 6 heteroatoms. The number of aromatic nitrogens is 4. The molecule has 92 valence electrons. The highest BCUT2D eigenvalue weighted by Gasteiger charge is 2.26. The molecule has 6 nitrogen and oxygen atoms in total. The monoisotopic (exact) mass is 244 g/mol. The molecule has 0 saturated heterocycles. The van der Waals surface area contributed by atoms with Gasteiger partial charge >= 0.3 is 5.97 Å². The van der Waals surface area contributed by atoms with Crippen LogP contribution in [0.15, 0.2) is 24.7 Å². The lowest BCUT2D eigenvalue weighted by molar-refractivity contribution is 0.0690. The minimum atomic E-state index is -1.01. The zero-order chi connectivity index (χ0) is 12.5. The largest absolute Gasteiger partial charge is 0.476 e. The van der Waals surface area contributed by atoms with Crippen LogP contribution in [0.3, 0.4) is 0 Å². The molecule has 18 heavy (non-hydrogen) atoms. The van der Waals surface area contributed by atoms with Crippen molar-refractivity contribution in [2.75, 3.05) is 0 Å². The van der Waals surface area contributed by atoms with Crippen LogP contribution in [0.5, 0.6) is 0 Å². The van der Waals surface area contributed by atoms with Gasteiger partial charge in [-0.15, -0.1) is 0 Å². The van der Waals surface area contributed by atoms with Gasteiger partial charge in [-0.1, -0.05) is 6.42 Å². The minimum Gasteiger partial charge on any atom is -0.476 e. The SMILES string of the molecule is O=C(O)c1cc(C2CCC2)n(-c2ccncn2)n1. The summed E-state index contributed by atoms with van der Waals surface area (Å²) in [4.78, 5) is 19.0. The molecular weight excluding hydrogens is 232 g/mol. The van der Waals surface area contributed by atoms with E-state index in [1.165, 1.54) is 12.7 Å². The van der Waals surface area contributed by atoms with Gasteiger partial charge in [0.15, 0.2) is 11.5 Å². The Hall–Kier alpha value is -2.24. The Morgan fingerprint density at radius 1 is 1.44 bits per heavy atom. The Morgan fingerprint density at radius 3 is 2.83 bits per heavy atom. The second-order valence-corrected chi connectivity index (χ2v) is 4.37. The first-order valence-corrected chi connectivity index (χ1v) is 5.85. The average molecular weight is 244 g/mol. The number of hydrogen-bond acceptors (Lipinski definition) is 4. The van der Waals surface area contributed by atoms with E-state index in [0.29, 0.717) is 11.7 Å². The van der Waals surface area contributed by atoms with Crippen LogP contribution in [0.25, 0.3) is 5.82 Å². The lowest BCUT2D eigenvalue weighted by Gasteiger charge is -2.25. The molecule has 0 aliphatic heterocycles. The molecule has 1 aliphatic carbocycles. The van der Waals surface area contributed by atoms with Crippen molar-refractivity contribution in [2.24, 2.45) is 0 Å². The Kier molecular flexibility index (Phi) is 2.55. The average Bonchev–Trinajstić information content (AvgIpc) is 2.73. The third-order valence-corrected chi connectivity index (χ3v) is 3.26. The van der Waals surface area contributed by atoms with E-state index in [1.54, 1.807) is 23.0 Å². The van der Waals surface area contributed by atoms with Crippen molar-refractivity contribution in [3.8, 4) is 5.82 Å². The minimum absolute atomic E-state index is 0.0653. The number of carboxylic acid groups (broad SMARTS) is 1. The van der Waals surface area contributed by atoms with Crippen LogP contribution in [0.1, 0.15) is 41.4 Å². The smallest absolute Gasteiger partial charge is 0.356 e. The summed E-state index contributed by atoms with van der Waals surface area (Å²) in [6.07, 6.45) is 6.39. The second kappa shape index (κ2) is 4.21. The molecule has 2 heterocycles. The van der Waals surface area contributed by atoms with Gasteiger partial charge in [-0.2, -0.15) is 5.10 Å². The maximum absolute atomic E-state index is 11.0. The van der Waals surface area contributed by atoms with Crippen molar-refractivity contribution in [1.82, 2.24) is 19.7 Å². The fourth-order valence-electron chi connectivity index (χ4n) is 2.09. The molecule has 0 radical (unpaired) electrons. The first-order valence-electron chi connectivity index (χ1n) is 5.85. The standard InChI is InChI=1S/C12H12N4O2/c17-12(18)9-6-10(8-2-1-3-8)16(15-9)11-4-5-13-7-14-11/h4-8H,1-3H2,(H,17,18). The van der Waals surface area contributed by atoms with E-state index in [9.17, 15) is 4.79 Å². The lowest BCUT2D eigenvalue weighted by atomic mass is 9.83. The molecular formula is C12H12N4O2. The molecule has 1 aliphatic rings. The molecule has 1 saturated carbocycles. The molecule has 1 N–H and O–H groups in total. The third kappa shape index (κ3) is 1.75. The van der Waals surface area contributed by atoms with Crippen molar-refractivity contribution in [3.05, 3.63) is 36.0 Å². The van der Waals surface area contributed by atoms with Crippen LogP contribution in [0.4, 0.5) is 0 Å². The van der Waals surface area contributed by atoms with Gasteiger partial charge in [-0.25, -0.2) is 19.4 Å². The molecule has 0 bridgehead atoms. The molecule has 0 unspecified atom stereocenters. The molecule has 0 atom stereocenters. The summed E-state index contributed by atoms with van der Waals surface area (Å²) in [5, 5.41) is 13.1. The van der Waals surface area contributed by atoms with E-state index in [4.69, 9.17) is 5.11 Å². The van der Waals surface area contributed by atoms with Gasteiger partial charge in [0.25, 0.3) is 0 Å². The van der Waals surface area contributed by atoms with Crippen molar-refractivity contribution < 1.29 is 9.90 Å². The van der Waals surface area contributed by atoms with E-state index in [1.807, 2.05) is 0 Å². The van der Waals surface area contributed by atoms with Crippen LogP contribution in [0, 0.1) is 0 Å². The fourth-order valence-corrected chi connectivity index (χ4v) is 2.09. The Balaban J connectivity index is 2.08. The van der Waals surface area contributed by atoms with Crippen molar-refractivity contribution >= 4 is 5.97 Å².